The van der Waals surface area contributed by atoms with Gasteiger partial charge in [-0.25, -0.2) is 4.57 Å². The molecule has 15 heavy (non-hydrogen) atoms. The molecule has 0 aromatic carbocycles. The van der Waals surface area contributed by atoms with E-state index in [1.807, 2.05) is 0 Å². The minimum absolute atomic E-state index is 0.384. The molecular weight excluding hydrogens is 229 g/mol. The van der Waals surface area contributed by atoms with Crippen LogP contribution in [0.2, 0.25) is 0 Å². The Labute approximate surface area is 85.7 Å². The summed E-state index contributed by atoms with van der Waals surface area (Å²) in [5.41, 5.74) is 0. The van der Waals surface area contributed by atoms with Crippen molar-refractivity contribution >= 4 is 7.82 Å². The van der Waals surface area contributed by atoms with Gasteiger partial charge in [-0.1, -0.05) is 0 Å². The fourth-order valence-corrected chi connectivity index (χ4v) is 1.79. The van der Waals surface area contributed by atoms with E-state index in [4.69, 9.17) is 14.9 Å². The van der Waals surface area contributed by atoms with Crippen LogP contribution in [-0.4, -0.2) is 62.6 Å². The van der Waals surface area contributed by atoms with Gasteiger partial charge in [0.05, 0.1) is 37.5 Å². The zero-order chi connectivity index (χ0) is 11.6. The van der Waals surface area contributed by atoms with Gasteiger partial charge in [0.1, 0.15) is 0 Å². The number of phosphoric ester groups is 1. The van der Waals surface area contributed by atoms with Crippen LogP contribution in [0, 0.1) is 0 Å². The highest BCUT2D eigenvalue weighted by molar-refractivity contribution is 7.46. The highest BCUT2D eigenvalue weighted by Crippen LogP contribution is 2.36. The van der Waals surface area contributed by atoms with Gasteiger partial charge in [-0.15, -0.1) is 0 Å². The molecule has 8 nitrogen and oxygen atoms in total. The van der Waals surface area contributed by atoms with Gasteiger partial charge < -0.3 is 30.4 Å². The number of hydrogen-bond acceptors (Lipinski definition) is 6. The molecule has 1 aliphatic heterocycles. The van der Waals surface area contributed by atoms with E-state index >= 15 is 0 Å². The molecule has 1 aliphatic rings. The van der Waals surface area contributed by atoms with E-state index < -0.39 is 38.7 Å². The molecule has 1 rings (SSSR count). The van der Waals surface area contributed by atoms with Crippen molar-refractivity contribution in [2.45, 2.75) is 24.3 Å². The summed E-state index contributed by atoms with van der Waals surface area (Å²) >= 11 is 0. The van der Waals surface area contributed by atoms with E-state index in [2.05, 4.69) is 9.84 Å². The van der Waals surface area contributed by atoms with E-state index in [1.165, 1.54) is 0 Å². The topological polar surface area (TPSA) is 139 Å². The summed E-state index contributed by atoms with van der Waals surface area (Å²) < 4.78 is 14.6. The molecule has 4 atom stereocenters. The molecule has 0 spiro atoms. The van der Waals surface area contributed by atoms with Crippen LogP contribution in [0.3, 0.4) is 0 Å². The van der Waals surface area contributed by atoms with Crippen LogP contribution in [0.25, 0.3) is 0 Å². The van der Waals surface area contributed by atoms with E-state index in [0.29, 0.717) is 0 Å². The normalized spacial score (nSPS) is 37.1. The van der Waals surface area contributed by atoms with E-state index in [-0.39, 0.29) is 6.61 Å². The fourth-order valence-electron chi connectivity index (χ4n) is 1.43. The lowest BCUT2D eigenvalue weighted by molar-refractivity contribution is 0.0127. The second-order valence-electron chi connectivity index (χ2n) is 3.33. The summed E-state index contributed by atoms with van der Waals surface area (Å²) in [7, 11) is -4.59. The summed E-state index contributed by atoms with van der Waals surface area (Å²) in [5, 5.41) is 30.1. The van der Waals surface area contributed by atoms with Crippen molar-refractivity contribution in [1.82, 2.24) is 5.32 Å². The van der Waals surface area contributed by atoms with Crippen LogP contribution >= 0.6 is 7.82 Å². The molecule has 0 amide bonds. The zero-order valence-electron chi connectivity index (χ0n) is 7.72. The van der Waals surface area contributed by atoms with Crippen LogP contribution in [0.1, 0.15) is 0 Å². The van der Waals surface area contributed by atoms with Crippen molar-refractivity contribution in [3.05, 3.63) is 0 Å². The van der Waals surface area contributed by atoms with Crippen molar-refractivity contribution in [2.24, 2.45) is 0 Å². The molecule has 0 aliphatic carbocycles. The molecule has 0 radical (unpaired) electrons. The van der Waals surface area contributed by atoms with Crippen LogP contribution in [0.4, 0.5) is 0 Å². The first-order chi connectivity index (χ1) is 6.85. The molecule has 1 fully saturated rings. The molecule has 1 heterocycles. The Kier molecular flexibility index (Phi) is 4.21. The minimum Gasteiger partial charge on any atom is -0.395 e. The molecule has 6 N–H and O–H groups in total. The maximum Gasteiger partial charge on any atom is 0.469 e. The Morgan fingerprint density at radius 1 is 1.20 bits per heavy atom. The highest BCUT2D eigenvalue weighted by atomic mass is 31.2. The van der Waals surface area contributed by atoms with Gasteiger partial charge in [0.25, 0.3) is 0 Å². The molecule has 1 saturated heterocycles. The molecule has 0 aromatic rings. The summed E-state index contributed by atoms with van der Waals surface area (Å²) in [5.74, 6) is 0. The first kappa shape index (κ1) is 13.0. The highest BCUT2D eigenvalue weighted by Gasteiger charge is 2.41. The number of rotatable bonds is 4. The minimum atomic E-state index is -4.59. The maximum atomic E-state index is 10.4. The van der Waals surface area contributed by atoms with Gasteiger partial charge in [-0.3, -0.25) is 4.52 Å². The van der Waals surface area contributed by atoms with E-state index in [9.17, 15) is 14.8 Å². The van der Waals surface area contributed by atoms with Gasteiger partial charge in [-0.2, -0.15) is 0 Å². The molecule has 0 bridgehead atoms. The number of aliphatic hydroxyl groups is 3. The fraction of sp³-hybridized carbons (Fsp3) is 1.00. The van der Waals surface area contributed by atoms with Gasteiger partial charge in [0.2, 0.25) is 0 Å². The van der Waals surface area contributed by atoms with Gasteiger partial charge >= 0.3 is 7.82 Å². The largest absolute Gasteiger partial charge is 0.469 e. The third-order valence-corrected chi connectivity index (χ3v) is 2.71. The third-order valence-electron chi connectivity index (χ3n) is 2.22. The molecule has 0 aromatic heterocycles. The molecule has 9 heteroatoms. The smallest absolute Gasteiger partial charge is 0.395 e. The Morgan fingerprint density at radius 3 is 2.13 bits per heavy atom. The number of hydrogen-bond donors (Lipinski definition) is 6. The van der Waals surface area contributed by atoms with Gasteiger partial charge in [0.15, 0.2) is 0 Å². The molecule has 0 unspecified atom stereocenters. The quantitative estimate of drug-likeness (QED) is 0.290. The van der Waals surface area contributed by atoms with Crippen molar-refractivity contribution in [3.8, 4) is 0 Å². The predicted molar refractivity (Wildman–Crippen MR) is 47.8 cm³/mol. The lowest BCUT2D eigenvalue weighted by Gasteiger charge is -2.15. The van der Waals surface area contributed by atoms with Crippen molar-refractivity contribution in [2.75, 3.05) is 13.2 Å². The average Bonchev–Trinajstić information content (AvgIpc) is 2.40. The lowest BCUT2D eigenvalue weighted by atomic mass is 10.1. The number of nitrogens with one attached hydrogen (secondary N) is 1. The molecule has 90 valence electrons. The molecular formula is C6H14NO7P. The first-order valence-electron chi connectivity index (χ1n) is 4.28. The summed E-state index contributed by atoms with van der Waals surface area (Å²) in [6.45, 7) is -0.830. The predicted octanol–water partition coefficient (Wildman–Crippen LogP) is -2.85. The van der Waals surface area contributed by atoms with Crippen molar-refractivity contribution in [1.29, 1.82) is 0 Å². The van der Waals surface area contributed by atoms with E-state index in [0.717, 1.165) is 0 Å². The van der Waals surface area contributed by atoms with Crippen molar-refractivity contribution < 1.29 is 34.2 Å². The van der Waals surface area contributed by atoms with Crippen molar-refractivity contribution in [3.63, 3.8) is 0 Å². The Hall–Kier alpha value is -0.0500. The van der Waals surface area contributed by atoms with Crippen LogP contribution in [0.5, 0.6) is 0 Å². The van der Waals surface area contributed by atoms with E-state index in [1.54, 1.807) is 0 Å². The Morgan fingerprint density at radius 2 is 1.73 bits per heavy atom. The first-order valence-corrected chi connectivity index (χ1v) is 5.81. The lowest BCUT2D eigenvalue weighted by Crippen LogP contribution is -2.38. The second kappa shape index (κ2) is 4.86. The summed E-state index contributed by atoms with van der Waals surface area (Å²) in [6.07, 6.45) is -2.41. The molecule has 0 saturated carbocycles. The monoisotopic (exact) mass is 243 g/mol. The van der Waals surface area contributed by atoms with Crippen LogP contribution < -0.4 is 5.32 Å². The Bertz CT molecular complexity index is 256. The average molecular weight is 243 g/mol. The summed E-state index contributed by atoms with van der Waals surface area (Å²) in [4.78, 5) is 16.8. The maximum absolute atomic E-state index is 10.4. The number of phosphoric acid groups is 1. The van der Waals surface area contributed by atoms with Gasteiger partial charge in [0, 0.05) is 0 Å². The van der Waals surface area contributed by atoms with Crippen LogP contribution in [-0.2, 0) is 9.09 Å². The van der Waals surface area contributed by atoms with Gasteiger partial charge in [-0.05, 0) is 0 Å². The summed E-state index contributed by atoms with van der Waals surface area (Å²) in [6, 6.07) is -1.53. The Balaban J connectivity index is 2.47. The third kappa shape index (κ3) is 3.47. The number of aliphatic hydroxyl groups excluding tert-OH is 3. The zero-order valence-corrected chi connectivity index (χ0v) is 8.62. The second-order valence-corrected chi connectivity index (χ2v) is 4.57. The standard InChI is InChI=1S/C6H14NO7P/c8-1-3-5(9)6(10)4(7-3)2-14-15(11,12)13/h3-10H,1-2H2,(H2,11,12,13)/t3-,4+,5+,6+/m0/s1. The SMILES string of the molecule is O=P(O)(O)OC[C@H]1N[C@@H](CO)[C@@H](O)[C@@H]1O. The van der Waals surface area contributed by atoms with Crippen LogP contribution in [0.15, 0.2) is 0 Å².